The molecule has 0 radical (unpaired) electrons. The van der Waals surface area contributed by atoms with Gasteiger partial charge in [-0.1, -0.05) is 31.5 Å². The summed E-state index contributed by atoms with van der Waals surface area (Å²) in [6, 6.07) is 5.49. The van der Waals surface area contributed by atoms with Crippen LogP contribution in [-0.2, 0) is 5.41 Å². The highest BCUT2D eigenvalue weighted by Gasteiger charge is 2.20. The molecule has 13 heavy (non-hydrogen) atoms. The first kappa shape index (κ1) is 11.0. The summed E-state index contributed by atoms with van der Waals surface area (Å²) < 4.78 is 13.5. The molecular formula is C10H11BrClF. The first-order chi connectivity index (χ1) is 5.97. The van der Waals surface area contributed by atoms with Gasteiger partial charge in [0.05, 0.1) is 11.7 Å². The van der Waals surface area contributed by atoms with Crippen LogP contribution in [0.4, 0.5) is 4.39 Å². The smallest absolute Gasteiger partial charge is 0.0985 e. The van der Waals surface area contributed by atoms with Gasteiger partial charge < -0.3 is 0 Å². The van der Waals surface area contributed by atoms with Gasteiger partial charge >= 0.3 is 0 Å². The molecule has 0 spiro atoms. The number of benzene rings is 1. The Balaban J connectivity index is 3.10. The third-order valence-corrected chi connectivity index (χ3v) is 3.25. The van der Waals surface area contributed by atoms with Crippen molar-refractivity contribution >= 4 is 27.5 Å². The van der Waals surface area contributed by atoms with E-state index in [2.05, 4.69) is 15.9 Å². The van der Waals surface area contributed by atoms with Crippen LogP contribution in [0.2, 0.25) is 5.02 Å². The molecule has 0 N–H and O–H groups in total. The first-order valence-electron chi connectivity index (χ1n) is 3.99. The summed E-state index contributed by atoms with van der Waals surface area (Å²) in [5.74, 6) is 0. The molecular weight excluding hydrogens is 254 g/mol. The molecule has 0 heterocycles. The number of hydrogen-bond acceptors (Lipinski definition) is 0. The summed E-state index contributed by atoms with van der Waals surface area (Å²) in [5, 5.41) is 0.651. The van der Waals surface area contributed by atoms with Crippen LogP contribution in [-0.4, -0.2) is 6.67 Å². The molecule has 0 saturated heterocycles. The average molecular weight is 266 g/mol. The summed E-state index contributed by atoms with van der Waals surface area (Å²) in [6.45, 7) is 3.35. The van der Waals surface area contributed by atoms with E-state index in [1.807, 2.05) is 26.0 Å². The molecule has 0 amide bonds. The molecule has 72 valence electrons. The molecule has 1 aromatic rings. The molecule has 1 rings (SSSR count). The lowest BCUT2D eigenvalue weighted by molar-refractivity contribution is 0.351. The number of halogens is 3. The third-order valence-electron chi connectivity index (χ3n) is 2.04. The van der Waals surface area contributed by atoms with E-state index in [4.69, 9.17) is 11.6 Å². The Morgan fingerprint density at radius 1 is 1.46 bits per heavy atom. The van der Waals surface area contributed by atoms with Gasteiger partial charge in [-0.15, -0.1) is 0 Å². The molecule has 0 aliphatic carbocycles. The Bertz CT molecular complexity index is 310. The van der Waals surface area contributed by atoms with Crippen LogP contribution in [0.1, 0.15) is 19.4 Å². The molecule has 0 aromatic heterocycles. The summed E-state index contributed by atoms with van der Waals surface area (Å²) in [5.41, 5.74) is 0.513. The van der Waals surface area contributed by atoms with Crippen molar-refractivity contribution in [1.82, 2.24) is 0 Å². The van der Waals surface area contributed by atoms with Crippen LogP contribution < -0.4 is 0 Å². The molecule has 3 heteroatoms. The van der Waals surface area contributed by atoms with Gasteiger partial charge in [-0.3, -0.25) is 4.39 Å². The Hall–Kier alpha value is -0.0800. The van der Waals surface area contributed by atoms with Crippen molar-refractivity contribution in [3.05, 3.63) is 33.3 Å². The molecule has 1 aromatic carbocycles. The van der Waals surface area contributed by atoms with Gasteiger partial charge in [-0.25, -0.2) is 0 Å². The second-order valence-electron chi connectivity index (χ2n) is 3.65. The normalized spacial score (nSPS) is 11.8. The van der Waals surface area contributed by atoms with Crippen molar-refractivity contribution in [3.63, 3.8) is 0 Å². The molecule has 0 bridgehead atoms. The van der Waals surface area contributed by atoms with Crippen LogP contribution in [0, 0.1) is 0 Å². The summed E-state index contributed by atoms with van der Waals surface area (Å²) in [7, 11) is 0. The highest BCUT2D eigenvalue weighted by molar-refractivity contribution is 9.10. The lowest BCUT2D eigenvalue weighted by Crippen LogP contribution is -2.19. The third kappa shape index (κ3) is 2.44. The standard InChI is InChI=1S/C10H11BrClF/c1-10(2,6-13)7-3-4-9(12)8(11)5-7/h3-5H,6H2,1-2H3. The molecule has 0 fully saturated rings. The van der Waals surface area contributed by atoms with Gasteiger partial charge in [0.25, 0.3) is 0 Å². The summed E-state index contributed by atoms with van der Waals surface area (Å²) >= 11 is 9.15. The second-order valence-corrected chi connectivity index (χ2v) is 4.91. The zero-order valence-corrected chi connectivity index (χ0v) is 9.91. The van der Waals surface area contributed by atoms with E-state index in [-0.39, 0.29) is 6.67 Å². The monoisotopic (exact) mass is 264 g/mol. The number of alkyl halides is 1. The highest BCUT2D eigenvalue weighted by atomic mass is 79.9. The zero-order valence-electron chi connectivity index (χ0n) is 7.57. The summed E-state index contributed by atoms with van der Waals surface area (Å²) in [6.07, 6.45) is 0. The Morgan fingerprint density at radius 3 is 2.54 bits per heavy atom. The van der Waals surface area contributed by atoms with Crippen LogP contribution in [0.3, 0.4) is 0 Å². The minimum Gasteiger partial charge on any atom is -0.250 e. The number of rotatable bonds is 2. The van der Waals surface area contributed by atoms with E-state index < -0.39 is 5.41 Å². The average Bonchev–Trinajstić information content (AvgIpc) is 2.09. The molecule has 0 aliphatic rings. The molecule has 0 unspecified atom stereocenters. The Labute approximate surface area is 91.2 Å². The minimum absolute atomic E-state index is 0.374. The maximum absolute atomic E-state index is 12.6. The second kappa shape index (κ2) is 3.97. The van der Waals surface area contributed by atoms with Gasteiger partial charge in [0, 0.05) is 9.89 Å². The SMILES string of the molecule is CC(C)(CF)c1ccc(Cl)c(Br)c1. The quantitative estimate of drug-likeness (QED) is 0.746. The van der Waals surface area contributed by atoms with E-state index in [1.54, 1.807) is 6.07 Å². The van der Waals surface area contributed by atoms with Crippen LogP contribution in [0.15, 0.2) is 22.7 Å². The lowest BCUT2D eigenvalue weighted by Gasteiger charge is -2.21. The van der Waals surface area contributed by atoms with E-state index in [9.17, 15) is 4.39 Å². The zero-order chi connectivity index (χ0) is 10.1. The van der Waals surface area contributed by atoms with Gasteiger partial charge in [0.1, 0.15) is 0 Å². The van der Waals surface area contributed by atoms with Gasteiger partial charge in [-0.2, -0.15) is 0 Å². The fourth-order valence-electron chi connectivity index (χ4n) is 0.994. The minimum atomic E-state index is -0.437. The van der Waals surface area contributed by atoms with Crippen molar-refractivity contribution < 1.29 is 4.39 Å². The topological polar surface area (TPSA) is 0 Å². The fraction of sp³-hybridized carbons (Fsp3) is 0.400. The Morgan fingerprint density at radius 2 is 2.08 bits per heavy atom. The molecule has 0 atom stereocenters. The molecule has 0 nitrogen and oxygen atoms in total. The van der Waals surface area contributed by atoms with Crippen molar-refractivity contribution in [2.24, 2.45) is 0 Å². The van der Waals surface area contributed by atoms with Crippen LogP contribution in [0.25, 0.3) is 0 Å². The van der Waals surface area contributed by atoms with Crippen LogP contribution >= 0.6 is 27.5 Å². The van der Waals surface area contributed by atoms with Crippen molar-refractivity contribution in [3.8, 4) is 0 Å². The lowest BCUT2D eigenvalue weighted by atomic mass is 9.86. The largest absolute Gasteiger partial charge is 0.250 e. The van der Waals surface area contributed by atoms with Crippen molar-refractivity contribution in [2.45, 2.75) is 19.3 Å². The van der Waals surface area contributed by atoms with Crippen molar-refractivity contribution in [1.29, 1.82) is 0 Å². The molecule has 0 saturated carbocycles. The fourth-order valence-corrected chi connectivity index (χ4v) is 1.49. The maximum Gasteiger partial charge on any atom is 0.0985 e. The maximum atomic E-state index is 12.6. The van der Waals surface area contributed by atoms with E-state index in [0.29, 0.717) is 5.02 Å². The predicted molar refractivity (Wildman–Crippen MR) is 58.2 cm³/mol. The Kier molecular flexibility index (Phi) is 3.36. The van der Waals surface area contributed by atoms with E-state index >= 15 is 0 Å². The van der Waals surface area contributed by atoms with Crippen LogP contribution in [0.5, 0.6) is 0 Å². The number of hydrogen-bond donors (Lipinski definition) is 0. The summed E-state index contributed by atoms with van der Waals surface area (Å²) in [4.78, 5) is 0. The molecule has 0 aliphatic heterocycles. The predicted octanol–water partition coefficient (Wildman–Crippen LogP) is 4.35. The van der Waals surface area contributed by atoms with E-state index in [1.165, 1.54) is 0 Å². The van der Waals surface area contributed by atoms with E-state index in [0.717, 1.165) is 10.0 Å². The highest BCUT2D eigenvalue weighted by Crippen LogP contribution is 2.30. The first-order valence-corrected chi connectivity index (χ1v) is 5.16. The van der Waals surface area contributed by atoms with Gasteiger partial charge in [0.2, 0.25) is 0 Å². The van der Waals surface area contributed by atoms with Crippen molar-refractivity contribution in [2.75, 3.05) is 6.67 Å². The van der Waals surface area contributed by atoms with Gasteiger partial charge in [-0.05, 0) is 33.6 Å². The van der Waals surface area contributed by atoms with Gasteiger partial charge in [0.15, 0.2) is 0 Å².